The Labute approximate surface area is 102 Å². The van der Waals surface area contributed by atoms with E-state index in [4.69, 9.17) is 4.74 Å². The average Bonchev–Trinajstić information content (AvgIpc) is 2.87. The molecule has 0 aromatic carbocycles. The Morgan fingerprint density at radius 3 is 2.94 bits per heavy atom. The summed E-state index contributed by atoms with van der Waals surface area (Å²) in [5, 5.41) is 0. The van der Waals surface area contributed by atoms with Crippen LogP contribution in [0.15, 0.2) is 11.3 Å². The Morgan fingerprint density at radius 2 is 2.29 bits per heavy atom. The molecule has 0 N–H and O–H groups in total. The summed E-state index contributed by atoms with van der Waals surface area (Å²) in [6, 6.07) is 0. The highest BCUT2D eigenvalue weighted by Crippen LogP contribution is 2.45. The predicted molar refractivity (Wildman–Crippen MR) is 63.3 cm³/mol. The molecule has 2 rings (SSSR count). The van der Waals surface area contributed by atoms with E-state index in [1.54, 1.807) is 0 Å². The van der Waals surface area contributed by atoms with E-state index in [0.29, 0.717) is 6.61 Å². The van der Waals surface area contributed by atoms with Crippen LogP contribution in [0.3, 0.4) is 0 Å². The lowest BCUT2D eigenvalue weighted by Gasteiger charge is -2.31. The smallest absolute Gasteiger partial charge is 0.331 e. The van der Waals surface area contributed by atoms with E-state index in [0.717, 1.165) is 49.8 Å². The van der Waals surface area contributed by atoms with Gasteiger partial charge in [0.25, 0.3) is 0 Å². The van der Waals surface area contributed by atoms with Crippen LogP contribution in [0, 0.1) is 0 Å². The lowest BCUT2D eigenvalue weighted by molar-refractivity contribution is -0.153. The molecule has 2 heterocycles. The van der Waals surface area contributed by atoms with Gasteiger partial charge in [-0.3, -0.25) is 4.79 Å². The molecule has 0 aromatic rings. The van der Waals surface area contributed by atoms with E-state index in [9.17, 15) is 9.59 Å². The molecule has 4 heteroatoms. The minimum absolute atomic E-state index is 0.119. The average molecular weight is 237 g/mol. The van der Waals surface area contributed by atoms with Gasteiger partial charge in [-0.15, -0.1) is 0 Å². The summed E-state index contributed by atoms with van der Waals surface area (Å²) in [5.74, 6) is -0.119. The van der Waals surface area contributed by atoms with Crippen LogP contribution in [0.4, 0.5) is 0 Å². The summed E-state index contributed by atoms with van der Waals surface area (Å²) in [5.41, 5.74) is 1.30. The molecule has 2 saturated heterocycles. The minimum atomic E-state index is -0.477. The third kappa shape index (κ3) is 1.75. The molecule has 0 bridgehead atoms. The highest BCUT2D eigenvalue weighted by molar-refractivity contribution is 5.83. The molecule has 17 heavy (non-hydrogen) atoms. The number of esters is 1. The summed E-state index contributed by atoms with van der Waals surface area (Å²) in [7, 11) is 0. The quantitative estimate of drug-likeness (QED) is 0.425. The van der Waals surface area contributed by atoms with Crippen molar-refractivity contribution in [2.24, 2.45) is 0 Å². The van der Waals surface area contributed by atoms with Crippen LogP contribution < -0.4 is 0 Å². The Morgan fingerprint density at radius 1 is 1.53 bits per heavy atom. The molecule has 2 aliphatic heterocycles. The monoisotopic (exact) mass is 237 g/mol. The fourth-order valence-electron chi connectivity index (χ4n) is 3.05. The van der Waals surface area contributed by atoms with Crippen molar-refractivity contribution >= 4 is 12.3 Å². The fraction of sp³-hybridized carbons (Fsp3) is 0.692. The number of ether oxygens (including phenoxy) is 1. The molecule has 0 radical (unpaired) electrons. The Kier molecular flexibility index (Phi) is 3.22. The fourth-order valence-corrected chi connectivity index (χ4v) is 3.05. The van der Waals surface area contributed by atoms with Crippen molar-refractivity contribution in [3.05, 3.63) is 11.3 Å². The number of nitrogens with zero attached hydrogens (tertiary/aromatic N) is 1. The zero-order chi connectivity index (χ0) is 12.5. The van der Waals surface area contributed by atoms with Crippen molar-refractivity contribution in [2.75, 3.05) is 13.2 Å². The SMILES string of the molecule is CCOC(=O)C12CCCN1C(=C(C)C=O)CC2. The van der Waals surface area contributed by atoms with Gasteiger partial charge in [-0.2, -0.15) is 0 Å². The number of fused-ring (bicyclic) bond motifs is 1. The van der Waals surface area contributed by atoms with E-state index in [1.165, 1.54) is 0 Å². The Balaban J connectivity index is 2.31. The first-order chi connectivity index (χ1) is 8.15. The van der Waals surface area contributed by atoms with Crippen LogP contribution in [-0.4, -0.2) is 35.8 Å². The van der Waals surface area contributed by atoms with E-state index in [2.05, 4.69) is 4.90 Å². The molecule has 0 aliphatic carbocycles. The van der Waals surface area contributed by atoms with E-state index in [1.807, 2.05) is 13.8 Å². The summed E-state index contributed by atoms with van der Waals surface area (Å²) in [6.45, 7) is 4.93. The van der Waals surface area contributed by atoms with Gasteiger partial charge in [0.15, 0.2) is 0 Å². The molecular formula is C13H19NO3. The minimum Gasteiger partial charge on any atom is -0.464 e. The van der Waals surface area contributed by atoms with Gasteiger partial charge in [0.05, 0.1) is 6.61 Å². The standard InChI is InChI=1S/C13H19NO3/c1-3-17-12(16)13-6-4-8-14(13)11(5-7-13)10(2)9-15/h9H,3-8H2,1-2H3. The van der Waals surface area contributed by atoms with Gasteiger partial charge >= 0.3 is 5.97 Å². The second-order valence-electron chi connectivity index (χ2n) is 4.75. The summed E-state index contributed by atoms with van der Waals surface area (Å²) < 4.78 is 5.20. The first-order valence-corrected chi connectivity index (χ1v) is 6.25. The summed E-state index contributed by atoms with van der Waals surface area (Å²) in [4.78, 5) is 25.1. The van der Waals surface area contributed by atoms with Crippen molar-refractivity contribution in [1.29, 1.82) is 0 Å². The maximum absolute atomic E-state index is 12.1. The number of rotatable bonds is 3. The van der Waals surface area contributed by atoms with Gasteiger partial charge in [-0.05, 0) is 39.5 Å². The number of hydrogen-bond acceptors (Lipinski definition) is 4. The number of carbonyl (C=O) groups is 2. The molecule has 1 unspecified atom stereocenters. The highest BCUT2D eigenvalue weighted by atomic mass is 16.5. The zero-order valence-corrected chi connectivity index (χ0v) is 10.5. The van der Waals surface area contributed by atoms with E-state index in [-0.39, 0.29) is 5.97 Å². The summed E-state index contributed by atoms with van der Waals surface area (Å²) in [6.07, 6.45) is 4.32. The van der Waals surface area contributed by atoms with Gasteiger partial charge in [-0.25, -0.2) is 4.79 Å². The second-order valence-corrected chi connectivity index (χ2v) is 4.75. The number of carbonyl (C=O) groups excluding carboxylic acids is 2. The molecule has 0 amide bonds. The third-order valence-electron chi connectivity index (χ3n) is 3.88. The Bertz CT molecular complexity index is 375. The second kappa shape index (κ2) is 4.51. The maximum Gasteiger partial charge on any atom is 0.331 e. The third-order valence-corrected chi connectivity index (χ3v) is 3.88. The van der Waals surface area contributed by atoms with Crippen LogP contribution in [0.5, 0.6) is 0 Å². The van der Waals surface area contributed by atoms with Gasteiger partial charge in [0.1, 0.15) is 11.8 Å². The van der Waals surface area contributed by atoms with Gasteiger partial charge < -0.3 is 9.64 Å². The number of allylic oxidation sites excluding steroid dienone is 2. The molecular weight excluding hydrogens is 218 g/mol. The van der Waals surface area contributed by atoms with Crippen molar-refractivity contribution in [2.45, 2.75) is 45.1 Å². The van der Waals surface area contributed by atoms with Crippen LogP contribution in [0.1, 0.15) is 39.5 Å². The maximum atomic E-state index is 12.1. The lowest BCUT2D eigenvalue weighted by Crippen LogP contribution is -2.46. The molecule has 0 saturated carbocycles. The van der Waals surface area contributed by atoms with Gasteiger partial charge in [-0.1, -0.05) is 0 Å². The van der Waals surface area contributed by atoms with Crippen LogP contribution >= 0.6 is 0 Å². The predicted octanol–water partition coefficient (Wildman–Crippen LogP) is 1.65. The van der Waals surface area contributed by atoms with Gasteiger partial charge in [0.2, 0.25) is 0 Å². The zero-order valence-electron chi connectivity index (χ0n) is 10.5. The molecule has 0 aromatic heterocycles. The molecule has 94 valence electrons. The van der Waals surface area contributed by atoms with Crippen molar-refractivity contribution in [1.82, 2.24) is 4.90 Å². The van der Waals surface area contributed by atoms with Crippen molar-refractivity contribution in [3.63, 3.8) is 0 Å². The molecule has 0 spiro atoms. The Hall–Kier alpha value is -1.32. The molecule has 2 fully saturated rings. The number of hydrogen-bond donors (Lipinski definition) is 0. The lowest BCUT2D eigenvalue weighted by atomic mass is 9.94. The highest BCUT2D eigenvalue weighted by Gasteiger charge is 2.53. The van der Waals surface area contributed by atoms with Gasteiger partial charge in [0, 0.05) is 17.8 Å². The summed E-state index contributed by atoms with van der Waals surface area (Å²) >= 11 is 0. The normalized spacial score (nSPS) is 30.1. The molecule has 1 atom stereocenters. The first kappa shape index (κ1) is 12.1. The molecule has 2 aliphatic rings. The van der Waals surface area contributed by atoms with Crippen molar-refractivity contribution < 1.29 is 14.3 Å². The first-order valence-electron chi connectivity index (χ1n) is 6.25. The van der Waals surface area contributed by atoms with E-state index >= 15 is 0 Å². The van der Waals surface area contributed by atoms with Crippen LogP contribution in [0.25, 0.3) is 0 Å². The largest absolute Gasteiger partial charge is 0.464 e. The number of aldehydes is 1. The molecule has 4 nitrogen and oxygen atoms in total. The van der Waals surface area contributed by atoms with Crippen LogP contribution in [-0.2, 0) is 14.3 Å². The van der Waals surface area contributed by atoms with Crippen LogP contribution in [0.2, 0.25) is 0 Å². The topological polar surface area (TPSA) is 46.6 Å². The van der Waals surface area contributed by atoms with Crippen molar-refractivity contribution in [3.8, 4) is 0 Å². The van der Waals surface area contributed by atoms with E-state index < -0.39 is 5.54 Å².